The van der Waals surface area contributed by atoms with Crippen LogP contribution in [0.3, 0.4) is 0 Å². The highest BCUT2D eigenvalue weighted by Crippen LogP contribution is 2.41. The third-order valence-electron chi connectivity index (χ3n) is 4.94. The lowest BCUT2D eigenvalue weighted by Crippen LogP contribution is -2.25. The molecule has 1 aliphatic rings. The summed E-state index contributed by atoms with van der Waals surface area (Å²) in [6.45, 7) is 2.13. The molecule has 1 aliphatic heterocycles. The highest BCUT2D eigenvalue weighted by molar-refractivity contribution is 5.89. The molecule has 0 bridgehead atoms. The molecule has 0 aliphatic carbocycles. The molecule has 8 nitrogen and oxygen atoms in total. The van der Waals surface area contributed by atoms with Crippen LogP contribution in [0.1, 0.15) is 16.8 Å². The Labute approximate surface area is 162 Å². The van der Waals surface area contributed by atoms with Gasteiger partial charge in [0.15, 0.2) is 11.5 Å². The molecule has 0 radical (unpaired) electrons. The second kappa shape index (κ2) is 7.47. The number of hydrogen-bond donors (Lipinski definition) is 1. The number of pyridine rings is 1. The molecule has 0 fully saturated rings. The van der Waals surface area contributed by atoms with Crippen molar-refractivity contribution in [1.29, 1.82) is 0 Å². The Hall–Kier alpha value is -3.13. The van der Waals surface area contributed by atoms with Crippen LogP contribution in [0.2, 0.25) is 0 Å². The predicted octanol–water partition coefficient (Wildman–Crippen LogP) is 1.51. The summed E-state index contributed by atoms with van der Waals surface area (Å²) in [6.07, 6.45) is 4.28. The fourth-order valence-corrected chi connectivity index (χ4v) is 3.56. The SMILES string of the molecule is COc1cc2c(=O)n(Cc3cnc4c(c3)CNCC4)cnc2c(OC)c1OC. The van der Waals surface area contributed by atoms with Gasteiger partial charge in [0.05, 0.1) is 39.6 Å². The van der Waals surface area contributed by atoms with E-state index in [1.165, 1.54) is 33.2 Å². The lowest BCUT2D eigenvalue weighted by molar-refractivity contribution is 0.326. The topological polar surface area (TPSA) is 87.5 Å². The summed E-state index contributed by atoms with van der Waals surface area (Å²) in [4.78, 5) is 22.1. The normalized spacial score (nSPS) is 13.2. The molecule has 4 rings (SSSR count). The summed E-state index contributed by atoms with van der Waals surface area (Å²) < 4.78 is 17.7. The first-order chi connectivity index (χ1) is 13.7. The lowest BCUT2D eigenvalue weighted by atomic mass is 10.1. The molecule has 1 aromatic carbocycles. The molecule has 0 unspecified atom stereocenters. The quantitative estimate of drug-likeness (QED) is 0.716. The molecule has 0 amide bonds. The number of methoxy groups -OCH3 is 3. The molecule has 28 heavy (non-hydrogen) atoms. The van der Waals surface area contributed by atoms with Gasteiger partial charge in [-0.3, -0.25) is 14.3 Å². The van der Waals surface area contributed by atoms with Gasteiger partial charge in [-0.15, -0.1) is 0 Å². The molecule has 0 spiro atoms. The summed E-state index contributed by atoms with van der Waals surface area (Å²) in [7, 11) is 4.55. The predicted molar refractivity (Wildman–Crippen MR) is 104 cm³/mol. The van der Waals surface area contributed by atoms with E-state index in [4.69, 9.17) is 14.2 Å². The van der Waals surface area contributed by atoms with Crippen LogP contribution in [0.15, 0.2) is 29.5 Å². The van der Waals surface area contributed by atoms with E-state index < -0.39 is 0 Å². The third-order valence-corrected chi connectivity index (χ3v) is 4.94. The van der Waals surface area contributed by atoms with Crippen LogP contribution in [0, 0.1) is 0 Å². The van der Waals surface area contributed by atoms with Crippen LogP contribution in [-0.2, 0) is 19.5 Å². The van der Waals surface area contributed by atoms with E-state index in [0.29, 0.717) is 34.7 Å². The molecule has 3 heterocycles. The Balaban J connectivity index is 1.79. The maximum absolute atomic E-state index is 13.1. The largest absolute Gasteiger partial charge is 0.493 e. The van der Waals surface area contributed by atoms with Crippen LogP contribution in [0.4, 0.5) is 0 Å². The minimum Gasteiger partial charge on any atom is -0.493 e. The molecule has 146 valence electrons. The Morgan fingerprint density at radius 2 is 1.93 bits per heavy atom. The molecular weight excluding hydrogens is 360 g/mol. The van der Waals surface area contributed by atoms with Crippen LogP contribution in [-0.4, -0.2) is 42.4 Å². The first kappa shape index (κ1) is 18.2. The van der Waals surface area contributed by atoms with Gasteiger partial charge >= 0.3 is 0 Å². The highest BCUT2D eigenvalue weighted by atomic mass is 16.5. The van der Waals surface area contributed by atoms with Gasteiger partial charge in [0.25, 0.3) is 5.56 Å². The maximum atomic E-state index is 13.1. The molecule has 8 heteroatoms. The van der Waals surface area contributed by atoms with E-state index in [9.17, 15) is 4.79 Å². The molecule has 3 aromatic rings. The molecule has 0 saturated heterocycles. The van der Waals surface area contributed by atoms with Crippen molar-refractivity contribution >= 4 is 10.9 Å². The summed E-state index contributed by atoms with van der Waals surface area (Å²) in [5.41, 5.74) is 3.51. The number of aromatic nitrogens is 3. The minimum absolute atomic E-state index is 0.180. The number of rotatable bonds is 5. The average molecular weight is 382 g/mol. The standard InChI is InChI=1S/C20H22N4O4/c1-26-16-7-14-17(19(28-3)18(16)27-2)23-11-24(20(14)25)10-12-6-13-9-21-5-4-15(13)22-8-12/h6-8,11,21H,4-5,9-10H2,1-3H3. The number of nitrogens with one attached hydrogen (secondary N) is 1. The van der Waals surface area contributed by atoms with Gasteiger partial charge in [0, 0.05) is 31.4 Å². The monoisotopic (exact) mass is 382 g/mol. The number of ether oxygens (including phenoxy) is 3. The van der Waals surface area contributed by atoms with Gasteiger partial charge in [0.2, 0.25) is 5.75 Å². The third kappa shape index (κ3) is 3.05. The Morgan fingerprint density at radius 3 is 2.68 bits per heavy atom. The van der Waals surface area contributed by atoms with Gasteiger partial charge in [-0.1, -0.05) is 0 Å². The van der Waals surface area contributed by atoms with Crippen molar-refractivity contribution < 1.29 is 14.2 Å². The van der Waals surface area contributed by atoms with Crippen molar-refractivity contribution in [2.45, 2.75) is 19.5 Å². The second-order valence-electron chi connectivity index (χ2n) is 6.60. The summed E-state index contributed by atoms with van der Waals surface area (Å²) in [5, 5.41) is 3.75. The van der Waals surface area contributed by atoms with Crippen LogP contribution in [0.5, 0.6) is 17.2 Å². The van der Waals surface area contributed by atoms with Crippen molar-refractivity contribution in [3.8, 4) is 17.2 Å². The maximum Gasteiger partial charge on any atom is 0.261 e. The molecular formula is C20H22N4O4. The molecule has 0 atom stereocenters. The smallest absolute Gasteiger partial charge is 0.261 e. The van der Waals surface area contributed by atoms with E-state index >= 15 is 0 Å². The Bertz CT molecular complexity index is 1090. The van der Waals surface area contributed by atoms with E-state index in [0.717, 1.165) is 30.8 Å². The van der Waals surface area contributed by atoms with Gasteiger partial charge in [-0.05, 0) is 23.3 Å². The number of hydrogen-bond acceptors (Lipinski definition) is 7. The fourth-order valence-electron chi connectivity index (χ4n) is 3.56. The first-order valence-electron chi connectivity index (χ1n) is 9.01. The van der Waals surface area contributed by atoms with E-state index in [2.05, 4.69) is 21.4 Å². The van der Waals surface area contributed by atoms with Crippen molar-refractivity contribution in [1.82, 2.24) is 19.9 Å². The summed E-state index contributed by atoms with van der Waals surface area (Å²) in [6, 6.07) is 3.73. The van der Waals surface area contributed by atoms with Crippen molar-refractivity contribution in [2.24, 2.45) is 0 Å². The van der Waals surface area contributed by atoms with Crippen LogP contribution >= 0.6 is 0 Å². The number of nitrogens with zero attached hydrogens (tertiary/aromatic N) is 3. The average Bonchev–Trinajstić information content (AvgIpc) is 2.74. The molecule has 1 N–H and O–H groups in total. The lowest BCUT2D eigenvalue weighted by Gasteiger charge is -2.17. The van der Waals surface area contributed by atoms with E-state index in [1.807, 2.05) is 6.20 Å². The Morgan fingerprint density at radius 1 is 1.11 bits per heavy atom. The van der Waals surface area contributed by atoms with E-state index in [1.54, 1.807) is 10.6 Å². The van der Waals surface area contributed by atoms with Crippen molar-refractivity contribution in [3.05, 3.63) is 51.8 Å². The highest BCUT2D eigenvalue weighted by Gasteiger charge is 2.20. The van der Waals surface area contributed by atoms with Gasteiger partial charge in [0.1, 0.15) is 5.52 Å². The molecule has 2 aromatic heterocycles. The minimum atomic E-state index is -0.180. The fraction of sp³-hybridized carbons (Fsp3) is 0.350. The van der Waals surface area contributed by atoms with Crippen molar-refractivity contribution in [3.63, 3.8) is 0 Å². The van der Waals surface area contributed by atoms with Crippen LogP contribution in [0.25, 0.3) is 10.9 Å². The summed E-state index contributed by atoms with van der Waals surface area (Å²) >= 11 is 0. The molecule has 0 saturated carbocycles. The van der Waals surface area contributed by atoms with E-state index in [-0.39, 0.29) is 5.56 Å². The zero-order chi connectivity index (χ0) is 19.7. The summed E-state index contributed by atoms with van der Waals surface area (Å²) in [5.74, 6) is 1.21. The first-order valence-corrected chi connectivity index (χ1v) is 9.01. The van der Waals surface area contributed by atoms with Gasteiger partial charge in [-0.25, -0.2) is 4.98 Å². The van der Waals surface area contributed by atoms with Gasteiger partial charge in [-0.2, -0.15) is 0 Å². The number of fused-ring (bicyclic) bond motifs is 2. The Kier molecular flexibility index (Phi) is 4.87. The second-order valence-corrected chi connectivity index (χ2v) is 6.60. The zero-order valence-electron chi connectivity index (χ0n) is 16.1. The van der Waals surface area contributed by atoms with Crippen molar-refractivity contribution in [2.75, 3.05) is 27.9 Å². The zero-order valence-corrected chi connectivity index (χ0v) is 16.1. The van der Waals surface area contributed by atoms with Gasteiger partial charge < -0.3 is 19.5 Å². The van der Waals surface area contributed by atoms with Crippen LogP contribution < -0.4 is 25.1 Å². The number of benzene rings is 1.